The lowest BCUT2D eigenvalue weighted by Crippen LogP contribution is -2.12. The molecule has 0 bridgehead atoms. The minimum absolute atomic E-state index is 0.229. The summed E-state index contributed by atoms with van der Waals surface area (Å²) in [5, 5.41) is 9.73. The molecule has 2 aromatic rings. The van der Waals surface area contributed by atoms with Crippen molar-refractivity contribution in [2.24, 2.45) is 0 Å². The first-order valence-electron chi connectivity index (χ1n) is 6.70. The second-order valence-electron chi connectivity index (χ2n) is 4.72. The van der Waals surface area contributed by atoms with Crippen LogP contribution in [0.3, 0.4) is 0 Å². The van der Waals surface area contributed by atoms with Crippen molar-refractivity contribution in [1.82, 2.24) is 0 Å². The van der Waals surface area contributed by atoms with Crippen LogP contribution < -0.4 is 5.63 Å². The number of carbonyl (C=O) groups excluding carboxylic acids is 1. The summed E-state index contributed by atoms with van der Waals surface area (Å²) in [5.41, 5.74) is 0.275. The van der Waals surface area contributed by atoms with E-state index >= 15 is 0 Å². The van der Waals surface area contributed by atoms with Gasteiger partial charge in [-0.25, -0.2) is 9.64 Å². The molecule has 5 nitrogen and oxygen atoms in total. The van der Waals surface area contributed by atoms with Gasteiger partial charge in [-0.3, -0.25) is 4.79 Å². The van der Waals surface area contributed by atoms with E-state index in [1.54, 1.807) is 24.3 Å². The van der Waals surface area contributed by atoms with E-state index in [2.05, 4.69) is 4.85 Å². The van der Waals surface area contributed by atoms with Crippen LogP contribution in [0.15, 0.2) is 51.8 Å². The molecule has 1 aromatic carbocycles. The molecular weight excluding hydrogens is 294 g/mol. The molecule has 23 heavy (non-hydrogen) atoms. The molecule has 1 aromatic heterocycles. The van der Waals surface area contributed by atoms with Crippen molar-refractivity contribution in [1.29, 1.82) is 0 Å². The zero-order valence-corrected chi connectivity index (χ0v) is 12.3. The number of rotatable bonds is 4. The van der Waals surface area contributed by atoms with Gasteiger partial charge in [-0.2, -0.15) is 0 Å². The average Bonchev–Trinajstić information content (AvgIpc) is 2.50. The van der Waals surface area contributed by atoms with Crippen LogP contribution in [-0.4, -0.2) is 10.9 Å². The number of aryl methyl sites for hydroxylation is 1. The molecule has 0 unspecified atom stereocenters. The molecule has 0 saturated carbocycles. The summed E-state index contributed by atoms with van der Waals surface area (Å²) >= 11 is 0. The molecule has 1 N–H and O–H groups in total. The van der Waals surface area contributed by atoms with Gasteiger partial charge in [0.15, 0.2) is 12.0 Å². The van der Waals surface area contributed by atoms with Crippen molar-refractivity contribution in [2.45, 2.75) is 6.92 Å². The molecule has 0 saturated heterocycles. The van der Waals surface area contributed by atoms with Gasteiger partial charge in [0.25, 0.3) is 0 Å². The fourth-order valence-corrected chi connectivity index (χ4v) is 1.97. The van der Waals surface area contributed by atoms with Gasteiger partial charge in [0.1, 0.15) is 17.1 Å². The molecule has 2 rings (SSSR count). The zero-order chi connectivity index (χ0) is 16.8. The predicted molar refractivity (Wildman–Crippen MR) is 86.8 cm³/mol. The fourth-order valence-electron chi connectivity index (χ4n) is 1.97. The maximum atomic E-state index is 12.1. The van der Waals surface area contributed by atoms with Crippen LogP contribution in [0, 0.1) is 13.5 Å². The van der Waals surface area contributed by atoms with Crippen molar-refractivity contribution >= 4 is 17.9 Å². The Balaban J connectivity index is 2.28. The van der Waals surface area contributed by atoms with Gasteiger partial charge in [-0.15, -0.1) is 0 Å². The SMILES string of the molecule is [C-]#[N+]/C=C/c1cccc(/C=C/C(=O)c2c(O)cc(C)oc2=O)c1. The van der Waals surface area contributed by atoms with Crippen LogP contribution >= 0.6 is 0 Å². The zero-order valence-electron chi connectivity index (χ0n) is 12.3. The van der Waals surface area contributed by atoms with Crippen molar-refractivity contribution < 1.29 is 14.3 Å². The van der Waals surface area contributed by atoms with E-state index in [4.69, 9.17) is 11.0 Å². The van der Waals surface area contributed by atoms with Crippen LogP contribution in [0.4, 0.5) is 0 Å². The Bertz CT molecular complexity index is 898. The third kappa shape index (κ3) is 4.05. The smallest absolute Gasteiger partial charge is 0.351 e. The second-order valence-corrected chi connectivity index (χ2v) is 4.72. The lowest BCUT2D eigenvalue weighted by atomic mass is 10.1. The highest BCUT2D eigenvalue weighted by molar-refractivity contribution is 6.08. The topological polar surface area (TPSA) is 71.9 Å². The third-order valence-corrected chi connectivity index (χ3v) is 2.98. The molecule has 0 radical (unpaired) electrons. The molecule has 0 aliphatic rings. The Kier molecular flexibility index (Phi) is 4.90. The van der Waals surface area contributed by atoms with Crippen LogP contribution in [0.25, 0.3) is 17.0 Å². The van der Waals surface area contributed by atoms with Crippen LogP contribution in [0.1, 0.15) is 27.2 Å². The number of nitrogens with zero attached hydrogens (tertiary/aromatic N) is 1. The molecule has 1 heterocycles. The van der Waals surface area contributed by atoms with E-state index in [-0.39, 0.29) is 5.76 Å². The summed E-state index contributed by atoms with van der Waals surface area (Å²) < 4.78 is 4.82. The van der Waals surface area contributed by atoms with Crippen molar-refractivity contribution in [2.75, 3.05) is 0 Å². The monoisotopic (exact) mass is 307 g/mol. The molecule has 0 aliphatic heterocycles. The van der Waals surface area contributed by atoms with Crippen molar-refractivity contribution in [3.05, 3.63) is 86.9 Å². The fraction of sp³-hybridized carbons (Fsp3) is 0.0556. The van der Waals surface area contributed by atoms with E-state index in [1.165, 1.54) is 31.3 Å². The Labute approximate surface area is 132 Å². The maximum absolute atomic E-state index is 12.1. The van der Waals surface area contributed by atoms with Gasteiger partial charge in [0, 0.05) is 6.07 Å². The molecular formula is C18H13NO4. The summed E-state index contributed by atoms with van der Waals surface area (Å²) in [6, 6.07) is 8.38. The van der Waals surface area contributed by atoms with Gasteiger partial charge < -0.3 is 9.52 Å². The van der Waals surface area contributed by atoms with Crippen LogP contribution in [0.5, 0.6) is 5.75 Å². The highest BCUT2D eigenvalue weighted by Crippen LogP contribution is 2.16. The Hall–Kier alpha value is -3.39. The van der Waals surface area contributed by atoms with Gasteiger partial charge in [-0.05, 0) is 30.2 Å². The van der Waals surface area contributed by atoms with E-state index < -0.39 is 22.7 Å². The first kappa shape index (κ1) is 16.0. The Morgan fingerprint density at radius 3 is 2.61 bits per heavy atom. The number of hydrogen-bond donors (Lipinski definition) is 1. The molecule has 0 atom stereocenters. The highest BCUT2D eigenvalue weighted by atomic mass is 16.4. The third-order valence-electron chi connectivity index (χ3n) is 2.98. The van der Waals surface area contributed by atoms with Crippen LogP contribution in [-0.2, 0) is 0 Å². The quantitative estimate of drug-likeness (QED) is 0.533. The number of allylic oxidation sites excluding steroid dienone is 1. The molecule has 0 fully saturated rings. The summed E-state index contributed by atoms with van der Waals surface area (Å²) in [6.07, 6.45) is 5.70. The van der Waals surface area contributed by atoms with Crippen molar-refractivity contribution in [3.8, 4) is 5.75 Å². The minimum atomic E-state index is -0.870. The van der Waals surface area contributed by atoms with Crippen molar-refractivity contribution in [3.63, 3.8) is 0 Å². The second kappa shape index (κ2) is 7.05. The summed E-state index contributed by atoms with van der Waals surface area (Å²) in [5.74, 6) is -0.812. The highest BCUT2D eigenvalue weighted by Gasteiger charge is 2.15. The first-order valence-corrected chi connectivity index (χ1v) is 6.70. The molecule has 0 spiro atoms. The summed E-state index contributed by atoms with van der Waals surface area (Å²) in [7, 11) is 0. The number of benzene rings is 1. The van der Waals surface area contributed by atoms with E-state index in [0.717, 1.165) is 11.1 Å². The Morgan fingerprint density at radius 2 is 1.96 bits per heavy atom. The van der Waals surface area contributed by atoms with Gasteiger partial charge in [-0.1, -0.05) is 30.4 Å². The largest absolute Gasteiger partial charge is 0.507 e. The maximum Gasteiger partial charge on any atom is 0.351 e. The summed E-state index contributed by atoms with van der Waals surface area (Å²) in [6.45, 7) is 8.22. The molecule has 114 valence electrons. The predicted octanol–water partition coefficient (Wildman–Crippen LogP) is 3.44. The standard InChI is InChI=1S/C18H13NO4/c1-12-10-16(21)17(18(22)23-12)15(20)7-6-13-4-3-5-14(11-13)8-9-19-2/h3-11,21H,1H3/b7-6+,9-8+. The van der Waals surface area contributed by atoms with Gasteiger partial charge in [0.05, 0.1) is 6.57 Å². The van der Waals surface area contributed by atoms with Gasteiger partial charge in [0.2, 0.25) is 0 Å². The first-order chi connectivity index (χ1) is 11.0. The lowest BCUT2D eigenvalue weighted by molar-refractivity contribution is 0.104. The van der Waals surface area contributed by atoms with Gasteiger partial charge >= 0.3 is 5.63 Å². The minimum Gasteiger partial charge on any atom is -0.507 e. The molecule has 5 heteroatoms. The number of hydrogen-bond acceptors (Lipinski definition) is 4. The van der Waals surface area contributed by atoms with E-state index in [0.29, 0.717) is 0 Å². The van der Waals surface area contributed by atoms with Crippen LogP contribution in [0.2, 0.25) is 0 Å². The molecule has 0 amide bonds. The van der Waals surface area contributed by atoms with E-state index in [1.807, 2.05) is 6.07 Å². The Morgan fingerprint density at radius 1 is 1.26 bits per heavy atom. The number of aromatic hydroxyl groups is 1. The average molecular weight is 307 g/mol. The number of ketones is 1. The number of carbonyl (C=O) groups is 1. The summed E-state index contributed by atoms with van der Waals surface area (Å²) in [4.78, 5) is 26.9. The normalized spacial score (nSPS) is 11.0. The lowest BCUT2D eigenvalue weighted by Gasteiger charge is -2.00. The molecule has 0 aliphatic carbocycles. The van der Waals surface area contributed by atoms with E-state index in [9.17, 15) is 14.7 Å².